The lowest BCUT2D eigenvalue weighted by Crippen LogP contribution is -1.96. The third-order valence-electron chi connectivity index (χ3n) is 5.34. The summed E-state index contributed by atoms with van der Waals surface area (Å²) in [4.78, 5) is 16.4. The van der Waals surface area contributed by atoms with E-state index in [1.165, 1.54) is 11.1 Å². The van der Waals surface area contributed by atoms with Gasteiger partial charge in [-0.05, 0) is 73.4 Å². The molecule has 0 saturated carbocycles. The molecule has 0 amide bonds. The van der Waals surface area contributed by atoms with Gasteiger partial charge in [0.25, 0.3) is 0 Å². The van der Waals surface area contributed by atoms with E-state index in [2.05, 4.69) is 25.8 Å². The normalized spacial score (nSPS) is 11.7. The molecule has 6 heteroatoms. The standard InChI is InChI=1S/C25H26Cl2N2OS/c1-4-6-19-15(2)25(29-16(19)3)11-17(13-30)20-12-18(9-10-24(20)28)31-14-21-22(26)7-5-8-23(21)27/h5,7-13,29H,4,6,14,28H2,1-3H3/b17-11+. The highest BCUT2D eigenvalue weighted by Gasteiger charge is 2.13. The highest BCUT2D eigenvalue weighted by Crippen LogP contribution is 2.34. The number of hydrogen-bond acceptors (Lipinski definition) is 3. The number of aldehydes is 1. The van der Waals surface area contributed by atoms with Crippen LogP contribution in [0.15, 0.2) is 41.3 Å². The minimum Gasteiger partial charge on any atom is -0.398 e. The molecular weight excluding hydrogens is 447 g/mol. The first-order valence-corrected chi connectivity index (χ1v) is 11.9. The second-order valence-electron chi connectivity index (χ2n) is 7.47. The van der Waals surface area contributed by atoms with E-state index in [1.807, 2.05) is 42.5 Å². The molecule has 0 unspecified atom stereocenters. The van der Waals surface area contributed by atoms with E-state index in [4.69, 9.17) is 28.9 Å². The van der Waals surface area contributed by atoms with Gasteiger partial charge in [-0.1, -0.05) is 42.6 Å². The summed E-state index contributed by atoms with van der Waals surface area (Å²) in [5.74, 6) is 0.622. The van der Waals surface area contributed by atoms with Crippen molar-refractivity contribution in [2.45, 2.75) is 44.3 Å². The number of carbonyl (C=O) groups excluding carboxylic acids is 1. The lowest BCUT2D eigenvalue weighted by atomic mass is 10.0. The fraction of sp³-hybridized carbons (Fsp3) is 0.240. The Bertz CT molecular complexity index is 1110. The fourth-order valence-corrected chi connectivity index (χ4v) is 5.29. The predicted octanol–water partition coefficient (Wildman–Crippen LogP) is 7.50. The molecule has 3 nitrogen and oxygen atoms in total. The molecule has 1 heterocycles. The molecular formula is C25H26Cl2N2OS. The van der Waals surface area contributed by atoms with Crippen molar-refractivity contribution in [3.05, 3.63) is 80.1 Å². The quantitative estimate of drug-likeness (QED) is 0.154. The minimum absolute atomic E-state index is 0.545. The summed E-state index contributed by atoms with van der Waals surface area (Å²) in [7, 11) is 0. The van der Waals surface area contributed by atoms with Crippen LogP contribution in [0.4, 0.5) is 5.69 Å². The van der Waals surface area contributed by atoms with Crippen LogP contribution in [0.3, 0.4) is 0 Å². The average Bonchev–Trinajstić information content (AvgIpc) is 3.00. The van der Waals surface area contributed by atoms with E-state index in [1.54, 1.807) is 11.8 Å². The first-order chi connectivity index (χ1) is 14.8. The molecule has 0 fully saturated rings. The summed E-state index contributed by atoms with van der Waals surface area (Å²) < 4.78 is 0. The van der Waals surface area contributed by atoms with E-state index in [0.717, 1.165) is 41.0 Å². The zero-order chi connectivity index (χ0) is 22.5. The number of allylic oxidation sites excluding steroid dienone is 1. The largest absolute Gasteiger partial charge is 0.398 e. The van der Waals surface area contributed by atoms with Gasteiger partial charge in [0.05, 0.1) is 0 Å². The Balaban J connectivity index is 1.92. The third kappa shape index (κ3) is 5.38. The first-order valence-electron chi connectivity index (χ1n) is 10.2. The van der Waals surface area contributed by atoms with Gasteiger partial charge in [0.2, 0.25) is 0 Å². The maximum absolute atomic E-state index is 12.0. The van der Waals surface area contributed by atoms with Gasteiger partial charge >= 0.3 is 0 Å². The molecule has 2 aromatic carbocycles. The van der Waals surface area contributed by atoms with E-state index < -0.39 is 0 Å². The number of rotatable bonds is 8. The predicted molar refractivity (Wildman–Crippen MR) is 135 cm³/mol. The van der Waals surface area contributed by atoms with Gasteiger partial charge in [-0.15, -0.1) is 11.8 Å². The van der Waals surface area contributed by atoms with Crippen molar-refractivity contribution in [2.75, 3.05) is 5.73 Å². The summed E-state index contributed by atoms with van der Waals surface area (Å²) in [5, 5.41) is 1.29. The fourth-order valence-electron chi connectivity index (χ4n) is 3.62. The maximum atomic E-state index is 12.0. The Morgan fingerprint density at radius 3 is 2.48 bits per heavy atom. The van der Waals surface area contributed by atoms with Crippen LogP contribution in [0.1, 0.15) is 47.0 Å². The van der Waals surface area contributed by atoms with Crippen LogP contribution >= 0.6 is 35.0 Å². The van der Waals surface area contributed by atoms with Crippen molar-refractivity contribution in [1.29, 1.82) is 0 Å². The Morgan fingerprint density at radius 1 is 1.13 bits per heavy atom. The summed E-state index contributed by atoms with van der Waals surface area (Å²) in [6.45, 7) is 6.32. The van der Waals surface area contributed by atoms with Gasteiger partial charge in [-0.3, -0.25) is 4.79 Å². The molecule has 0 aliphatic carbocycles. The molecule has 0 bridgehead atoms. The highest BCUT2D eigenvalue weighted by atomic mass is 35.5. The Kier molecular flexibility index (Phi) is 7.93. The van der Waals surface area contributed by atoms with Crippen molar-refractivity contribution in [1.82, 2.24) is 4.98 Å². The number of aromatic amines is 1. The van der Waals surface area contributed by atoms with Gasteiger partial charge in [0.1, 0.15) is 0 Å². The van der Waals surface area contributed by atoms with Gasteiger partial charge < -0.3 is 10.7 Å². The van der Waals surface area contributed by atoms with Crippen molar-refractivity contribution in [3.8, 4) is 0 Å². The highest BCUT2D eigenvalue weighted by molar-refractivity contribution is 7.98. The van der Waals surface area contributed by atoms with Crippen molar-refractivity contribution < 1.29 is 4.79 Å². The van der Waals surface area contributed by atoms with Crippen LogP contribution in [-0.4, -0.2) is 11.3 Å². The zero-order valence-corrected chi connectivity index (χ0v) is 20.2. The number of carbonyl (C=O) groups is 1. The summed E-state index contributed by atoms with van der Waals surface area (Å²) in [6.07, 6.45) is 4.84. The number of thioether (sulfide) groups is 1. The molecule has 0 saturated heterocycles. The molecule has 0 aliphatic rings. The molecule has 0 atom stereocenters. The number of aromatic nitrogens is 1. The maximum Gasteiger partial charge on any atom is 0.150 e. The molecule has 3 rings (SSSR count). The number of aryl methyl sites for hydroxylation is 1. The number of H-pyrrole nitrogens is 1. The SMILES string of the molecule is CCCc1c(C)[nH]c(/C=C(\C=O)c2cc(SCc3c(Cl)cccc3Cl)ccc2N)c1C. The van der Waals surface area contributed by atoms with Gasteiger partial charge in [0, 0.05) is 48.9 Å². The number of hydrogen-bond donors (Lipinski definition) is 2. The monoisotopic (exact) mass is 472 g/mol. The number of anilines is 1. The Morgan fingerprint density at radius 2 is 1.84 bits per heavy atom. The van der Waals surface area contributed by atoms with Crippen LogP contribution in [0.25, 0.3) is 11.6 Å². The van der Waals surface area contributed by atoms with Crippen LogP contribution in [-0.2, 0) is 17.0 Å². The van der Waals surface area contributed by atoms with Crippen LogP contribution in [0.5, 0.6) is 0 Å². The van der Waals surface area contributed by atoms with Crippen molar-refractivity contribution in [2.24, 2.45) is 0 Å². The second-order valence-corrected chi connectivity index (χ2v) is 9.34. The van der Waals surface area contributed by atoms with E-state index in [0.29, 0.717) is 32.6 Å². The molecule has 1 aromatic heterocycles. The minimum atomic E-state index is 0.545. The van der Waals surface area contributed by atoms with Gasteiger partial charge in [-0.2, -0.15) is 0 Å². The summed E-state index contributed by atoms with van der Waals surface area (Å²) in [6, 6.07) is 11.2. The summed E-state index contributed by atoms with van der Waals surface area (Å²) in [5.41, 5.74) is 13.5. The Labute approximate surface area is 198 Å². The number of nitrogens with two attached hydrogens (primary N) is 1. The van der Waals surface area contributed by atoms with Crippen molar-refractivity contribution >= 4 is 58.6 Å². The first kappa shape index (κ1) is 23.5. The number of nitrogens with one attached hydrogen (secondary N) is 1. The molecule has 0 aliphatic heterocycles. The molecule has 31 heavy (non-hydrogen) atoms. The molecule has 3 aromatic rings. The van der Waals surface area contributed by atoms with E-state index >= 15 is 0 Å². The lowest BCUT2D eigenvalue weighted by Gasteiger charge is -2.10. The summed E-state index contributed by atoms with van der Waals surface area (Å²) >= 11 is 14.2. The lowest BCUT2D eigenvalue weighted by molar-refractivity contribution is -0.103. The molecule has 0 radical (unpaired) electrons. The third-order valence-corrected chi connectivity index (χ3v) is 7.07. The van der Waals surface area contributed by atoms with E-state index in [9.17, 15) is 4.79 Å². The topological polar surface area (TPSA) is 58.9 Å². The van der Waals surface area contributed by atoms with Crippen LogP contribution in [0, 0.1) is 13.8 Å². The van der Waals surface area contributed by atoms with Crippen LogP contribution in [0.2, 0.25) is 10.0 Å². The second kappa shape index (κ2) is 10.4. The number of nitrogen functional groups attached to an aromatic ring is 1. The number of benzene rings is 2. The zero-order valence-electron chi connectivity index (χ0n) is 17.9. The Hall–Kier alpha value is -2.14. The number of halogens is 2. The smallest absolute Gasteiger partial charge is 0.150 e. The molecule has 0 spiro atoms. The van der Waals surface area contributed by atoms with E-state index in [-0.39, 0.29) is 0 Å². The van der Waals surface area contributed by atoms with Crippen molar-refractivity contribution in [3.63, 3.8) is 0 Å². The average molecular weight is 473 g/mol. The molecule has 162 valence electrons. The van der Waals surface area contributed by atoms with Gasteiger partial charge in [-0.25, -0.2) is 0 Å². The van der Waals surface area contributed by atoms with Gasteiger partial charge in [0.15, 0.2) is 6.29 Å². The van der Waals surface area contributed by atoms with Crippen LogP contribution < -0.4 is 5.73 Å². The molecule has 3 N–H and O–H groups in total.